The molecule has 0 heterocycles. The molecule has 134 valence electrons. The van der Waals surface area contributed by atoms with Gasteiger partial charge in [-0.15, -0.1) is 13.2 Å². The second kappa shape index (κ2) is 7.97. The van der Waals surface area contributed by atoms with Crippen molar-refractivity contribution < 1.29 is 47.6 Å². The molecule has 1 aromatic carbocycles. The average Bonchev–Trinajstić information content (AvgIpc) is 2.44. The number of carbonyl (C=O) groups excluding carboxylic acids is 1. The van der Waals surface area contributed by atoms with Gasteiger partial charge in [-0.3, -0.25) is 4.79 Å². The Hall–Kier alpha value is -2.33. The summed E-state index contributed by atoms with van der Waals surface area (Å²) in [5.74, 6) is -3.52. The van der Waals surface area contributed by atoms with Crippen molar-refractivity contribution in [2.24, 2.45) is 0 Å². The van der Waals surface area contributed by atoms with Crippen molar-refractivity contribution in [2.75, 3.05) is 6.61 Å². The highest BCUT2D eigenvalue weighted by molar-refractivity contribution is 5.91. The third-order valence-corrected chi connectivity index (χ3v) is 2.85. The van der Waals surface area contributed by atoms with E-state index in [1.807, 2.05) is 0 Å². The van der Waals surface area contributed by atoms with E-state index in [0.717, 1.165) is 12.1 Å². The Bertz CT molecular complexity index is 601. The van der Waals surface area contributed by atoms with Crippen LogP contribution in [0.3, 0.4) is 0 Å². The second-order valence-electron chi connectivity index (χ2n) is 4.63. The molecule has 0 spiro atoms. The first kappa shape index (κ1) is 19.7. The Labute approximate surface area is 134 Å². The van der Waals surface area contributed by atoms with Crippen LogP contribution in [0.5, 0.6) is 5.75 Å². The Kier molecular flexibility index (Phi) is 6.55. The van der Waals surface area contributed by atoms with E-state index in [1.165, 1.54) is 6.92 Å². The molecule has 0 amide bonds. The maximum Gasteiger partial charge on any atom is 0.573 e. The van der Waals surface area contributed by atoms with E-state index in [4.69, 9.17) is 5.11 Å². The number of rotatable bonds is 7. The predicted octanol–water partition coefficient (Wildman–Crippen LogP) is 1.63. The van der Waals surface area contributed by atoms with E-state index >= 15 is 0 Å². The molecule has 0 aromatic heterocycles. The van der Waals surface area contributed by atoms with Crippen molar-refractivity contribution in [2.45, 2.75) is 31.9 Å². The van der Waals surface area contributed by atoms with E-state index in [9.17, 15) is 33.0 Å². The van der Waals surface area contributed by atoms with Gasteiger partial charge in [0.15, 0.2) is 0 Å². The predicted molar refractivity (Wildman–Crippen MR) is 72.3 cm³/mol. The average molecular weight is 352 g/mol. The number of aliphatic hydroxyl groups is 2. The highest BCUT2D eigenvalue weighted by Gasteiger charge is 2.34. The fourth-order valence-electron chi connectivity index (χ4n) is 1.83. The highest BCUT2D eigenvalue weighted by Crippen LogP contribution is 2.31. The SMILES string of the molecule is CCOC(=O)CC(O)C(O)c1ccc(C(=O)O)c(OC(F)(F)F)c1. The summed E-state index contributed by atoms with van der Waals surface area (Å²) in [6.07, 6.45) is -9.13. The molecular weight excluding hydrogens is 337 g/mol. The number of esters is 1. The second-order valence-corrected chi connectivity index (χ2v) is 4.63. The van der Waals surface area contributed by atoms with Crippen LogP contribution >= 0.6 is 0 Å². The first-order valence-corrected chi connectivity index (χ1v) is 6.70. The summed E-state index contributed by atoms with van der Waals surface area (Å²) in [5.41, 5.74) is -1.03. The topological polar surface area (TPSA) is 113 Å². The number of carboxylic acid groups (broad SMARTS) is 1. The summed E-state index contributed by atoms with van der Waals surface area (Å²) >= 11 is 0. The van der Waals surface area contributed by atoms with Gasteiger partial charge in [0.25, 0.3) is 0 Å². The van der Waals surface area contributed by atoms with Gasteiger partial charge in [-0.05, 0) is 24.6 Å². The largest absolute Gasteiger partial charge is 0.573 e. The van der Waals surface area contributed by atoms with Gasteiger partial charge in [0.2, 0.25) is 0 Å². The lowest BCUT2D eigenvalue weighted by Crippen LogP contribution is -2.24. The number of halogens is 3. The lowest BCUT2D eigenvalue weighted by molar-refractivity contribution is -0.274. The molecule has 0 saturated carbocycles. The zero-order valence-corrected chi connectivity index (χ0v) is 12.4. The van der Waals surface area contributed by atoms with Crippen LogP contribution in [0.25, 0.3) is 0 Å². The van der Waals surface area contributed by atoms with Crippen LogP contribution in [-0.4, -0.2) is 46.3 Å². The monoisotopic (exact) mass is 352 g/mol. The third kappa shape index (κ3) is 5.70. The number of hydrogen-bond acceptors (Lipinski definition) is 6. The number of carboxylic acids is 1. The number of alkyl halides is 3. The number of aliphatic hydroxyl groups excluding tert-OH is 2. The van der Waals surface area contributed by atoms with Crippen molar-refractivity contribution in [1.82, 2.24) is 0 Å². The molecule has 0 aliphatic heterocycles. The lowest BCUT2D eigenvalue weighted by Gasteiger charge is -2.19. The van der Waals surface area contributed by atoms with E-state index in [2.05, 4.69) is 9.47 Å². The van der Waals surface area contributed by atoms with Crippen LogP contribution < -0.4 is 4.74 Å². The number of ether oxygens (including phenoxy) is 2. The minimum Gasteiger partial charge on any atom is -0.478 e. The first-order valence-electron chi connectivity index (χ1n) is 6.70. The van der Waals surface area contributed by atoms with Crippen molar-refractivity contribution >= 4 is 11.9 Å². The molecule has 7 nitrogen and oxygen atoms in total. The van der Waals surface area contributed by atoms with Gasteiger partial charge in [-0.1, -0.05) is 6.07 Å². The standard InChI is InChI=1S/C14H15F3O7/c1-2-23-11(19)6-9(18)12(20)7-3-4-8(13(21)22)10(5-7)24-14(15,16)17/h3-5,9,12,18,20H,2,6H2,1H3,(H,21,22). The number of carbonyl (C=O) groups is 2. The van der Waals surface area contributed by atoms with E-state index < -0.39 is 48.2 Å². The molecule has 2 atom stereocenters. The van der Waals surface area contributed by atoms with Crippen molar-refractivity contribution in [1.29, 1.82) is 0 Å². The van der Waals surface area contributed by atoms with Gasteiger partial charge in [0.05, 0.1) is 19.1 Å². The summed E-state index contributed by atoms with van der Waals surface area (Å²) in [5, 5.41) is 28.5. The molecule has 1 rings (SSSR count). The molecule has 2 unspecified atom stereocenters. The van der Waals surface area contributed by atoms with Crippen LogP contribution in [-0.2, 0) is 9.53 Å². The van der Waals surface area contributed by atoms with Gasteiger partial charge >= 0.3 is 18.3 Å². The minimum absolute atomic E-state index is 0.0541. The zero-order chi connectivity index (χ0) is 18.5. The fraction of sp³-hybridized carbons (Fsp3) is 0.429. The molecule has 0 aliphatic carbocycles. The molecule has 10 heteroatoms. The quantitative estimate of drug-likeness (QED) is 0.639. The molecule has 0 radical (unpaired) electrons. The van der Waals surface area contributed by atoms with E-state index in [-0.39, 0.29) is 12.2 Å². The van der Waals surface area contributed by atoms with Gasteiger partial charge in [0, 0.05) is 0 Å². The smallest absolute Gasteiger partial charge is 0.478 e. The maximum absolute atomic E-state index is 12.3. The normalized spacial score (nSPS) is 13.9. The van der Waals surface area contributed by atoms with E-state index in [1.54, 1.807) is 0 Å². The lowest BCUT2D eigenvalue weighted by atomic mass is 10.00. The molecule has 0 saturated heterocycles. The molecule has 0 aliphatic rings. The van der Waals surface area contributed by atoms with Crippen LogP contribution in [0.4, 0.5) is 13.2 Å². The molecule has 24 heavy (non-hydrogen) atoms. The summed E-state index contributed by atoms with van der Waals surface area (Å²) in [4.78, 5) is 22.2. The Morgan fingerprint density at radius 3 is 2.38 bits per heavy atom. The summed E-state index contributed by atoms with van der Waals surface area (Å²) in [7, 11) is 0. The molecule has 1 aromatic rings. The van der Waals surface area contributed by atoms with Crippen molar-refractivity contribution in [3.05, 3.63) is 29.3 Å². The Balaban J connectivity index is 3.05. The summed E-state index contributed by atoms with van der Waals surface area (Å²) in [6, 6.07) is 2.43. The highest BCUT2D eigenvalue weighted by atomic mass is 19.4. The van der Waals surface area contributed by atoms with Gasteiger partial charge < -0.3 is 24.8 Å². The molecule has 3 N–H and O–H groups in total. The maximum atomic E-state index is 12.3. The van der Waals surface area contributed by atoms with Gasteiger partial charge in [-0.25, -0.2) is 4.79 Å². The number of aromatic carboxylic acids is 1. The van der Waals surface area contributed by atoms with Crippen LogP contribution in [0, 0.1) is 0 Å². The minimum atomic E-state index is -5.14. The summed E-state index contributed by atoms with van der Waals surface area (Å²) in [6.45, 7) is 1.59. The summed E-state index contributed by atoms with van der Waals surface area (Å²) < 4.78 is 45.2. The van der Waals surface area contributed by atoms with Crippen molar-refractivity contribution in [3.63, 3.8) is 0 Å². The van der Waals surface area contributed by atoms with Crippen LogP contribution in [0.2, 0.25) is 0 Å². The van der Waals surface area contributed by atoms with Crippen LogP contribution in [0.15, 0.2) is 18.2 Å². The molecular formula is C14H15F3O7. The third-order valence-electron chi connectivity index (χ3n) is 2.85. The van der Waals surface area contributed by atoms with Gasteiger partial charge in [-0.2, -0.15) is 0 Å². The Morgan fingerprint density at radius 1 is 1.25 bits per heavy atom. The van der Waals surface area contributed by atoms with Crippen LogP contribution in [0.1, 0.15) is 35.4 Å². The fourth-order valence-corrected chi connectivity index (χ4v) is 1.83. The Morgan fingerprint density at radius 2 is 1.88 bits per heavy atom. The zero-order valence-electron chi connectivity index (χ0n) is 12.4. The molecule has 0 bridgehead atoms. The molecule has 0 fully saturated rings. The van der Waals surface area contributed by atoms with Crippen molar-refractivity contribution in [3.8, 4) is 5.75 Å². The number of benzene rings is 1. The van der Waals surface area contributed by atoms with Gasteiger partial charge in [0.1, 0.15) is 17.4 Å². The van der Waals surface area contributed by atoms with E-state index in [0.29, 0.717) is 6.07 Å². The number of hydrogen-bond donors (Lipinski definition) is 3. The first-order chi connectivity index (χ1) is 11.0.